The molecule has 1 heterocycles. The third kappa shape index (κ3) is 5.19. The van der Waals surface area contributed by atoms with Crippen LogP contribution in [0.2, 0.25) is 0 Å². The van der Waals surface area contributed by atoms with Gasteiger partial charge in [0.05, 0.1) is 10.5 Å². The summed E-state index contributed by atoms with van der Waals surface area (Å²) in [5.41, 5.74) is -0.863. The average Bonchev–Trinajstić information content (AvgIpc) is 2.45. The van der Waals surface area contributed by atoms with E-state index in [9.17, 15) is 21.6 Å². The Balaban J connectivity index is 1.91. The Kier molecular flexibility index (Phi) is 5.93. The highest BCUT2D eigenvalue weighted by Crippen LogP contribution is 2.29. The third-order valence-corrected chi connectivity index (χ3v) is 5.63. The van der Waals surface area contributed by atoms with Crippen molar-refractivity contribution in [2.75, 3.05) is 26.2 Å². The van der Waals surface area contributed by atoms with Gasteiger partial charge in [-0.05, 0) is 42.5 Å². The molecule has 0 aromatic heterocycles. The summed E-state index contributed by atoms with van der Waals surface area (Å²) in [6, 6.07) is 3.53. The van der Waals surface area contributed by atoms with E-state index in [0.717, 1.165) is 37.4 Å². The fourth-order valence-electron chi connectivity index (χ4n) is 3.22. The van der Waals surface area contributed by atoms with Crippen LogP contribution in [0.5, 0.6) is 0 Å². The van der Waals surface area contributed by atoms with Gasteiger partial charge < -0.3 is 4.90 Å². The van der Waals surface area contributed by atoms with Crippen molar-refractivity contribution in [1.82, 2.24) is 9.62 Å². The second-order valence-electron chi connectivity index (χ2n) is 6.63. The molecule has 8 heteroatoms. The van der Waals surface area contributed by atoms with Crippen LogP contribution in [0.15, 0.2) is 29.2 Å². The van der Waals surface area contributed by atoms with Crippen molar-refractivity contribution in [3.63, 3.8) is 0 Å². The maximum absolute atomic E-state index is 12.5. The molecular weight excluding hydrogens is 341 g/mol. The van der Waals surface area contributed by atoms with Crippen molar-refractivity contribution >= 4 is 10.0 Å². The SMILES string of the molecule is CC1CC(C)CN(CCNS(=O)(=O)c2ccc(C(F)(F)F)cc2)C1. The van der Waals surface area contributed by atoms with Crippen molar-refractivity contribution < 1.29 is 21.6 Å². The smallest absolute Gasteiger partial charge is 0.302 e. The van der Waals surface area contributed by atoms with Gasteiger partial charge in [-0.25, -0.2) is 13.1 Å². The molecule has 0 radical (unpaired) electrons. The van der Waals surface area contributed by atoms with Crippen molar-refractivity contribution in [3.8, 4) is 0 Å². The van der Waals surface area contributed by atoms with E-state index in [4.69, 9.17) is 0 Å². The van der Waals surface area contributed by atoms with Crippen LogP contribution in [0.1, 0.15) is 25.8 Å². The second-order valence-corrected chi connectivity index (χ2v) is 8.39. The van der Waals surface area contributed by atoms with Crippen LogP contribution >= 0.6 is 0 Å². The highest BCUT2D eigenvalue weighted by molar-refractivity contribution is 7.89. The van der Waals surface area contributed by atoms with E-state index in [2.05, 4.69) is 23.5 Å². The molecule has 24 heavy (non-hydrogen) atoms. The molecule has 1 aliphatic heterocycles. The normalized spacial score (nSPS) is 23.4. The maximum Gasteiger partial charge on any atom is 0.416 e. The molecule has 1 aromatic rings. The van der Waals surface area contributed by atoms with Crippen LogP contribution in [0.3, 0.4) is 0 Å². The zero-order chi connectivity index (χ0) is 18.0. The number of likely N-dealkylation sites (tertiary alicyclic amines) is 1. The molecular formula is C16H23F3N2O2S. The Morgan fingerprint density at radius 3 is 2.17 bits per heavy atom. The fourth-order valence-corrected chi connectivity index (χ4v) is 4.24. The van der Waals surface area contributed by atoms with E-state index < -0.39 is 21.8 Å². The van der Waals surface area contributed by atoms with Gasteiger partial charge in [0.15, 0.2) is 0 Å². The largest absolute Gasteiger partial charge is 0.416 e. The van der Waals surface area contributed by atoms with Gasteiger partial charge in [0.1, 0.15) is 0 Å². The minimum atomic E-state index is -4.47. The van der Waals surface area contributed by atoms with Gasteiger partial charge in [-0.1, -0.05) is 13.8 Å². The van der Waals surface area contributed by atoms with Gasteiger partial charge in [-0.3, -0.25) is 0 Å². The lowest BCUT2D eigenvalue weighted by atomic mass is 9.92. The monoisotopic (exact) mass is 364 g/mol. The van der Waals surface area contributed by atoms with Crippen LogP contribution in [-0.4, -0.2) is 39.5 Å². The molecule has 1 N–H and O–H groups in total. The average molecular weight is 364 g/mol. The molecule has 0 aliphatic carbocycles. The summed E-state index contributed by atoms with van der Waals surface area (Å²) >= 11 is 0. The van der Waals surface area contributed by atoms with E-state index in [1.807, 2.05) is 0 Å². The van der Waals surface area contributed by atoms with Gasteiger partial charge in [0.25, 0.3) is 0 Å². The number of hydrogen-bond acceptors (Lipinski definition) is 3. The molecule has 0 saturated carbocycles. The predicted octanol–water partition coefficient (Wildman–Crippen LogP) is 2.96. The summed E-state index contributed by atoms with van der Waals surface area (Å²) in [7, 11) is -3.79. The zero-order valence-electron chi connectivity index (χ0n) is 13.8. The molecule has 0 bridgehead atoms. The molecule has 2 unspecified atom stereocenters. The minimum Gasteiger partial charge on any atom is -0.302 e. The standard InChI is InChI=1S/C16H23F3N2O2S/c1-12-9-13(2)11-21(10-12)8-7-20-24(22,23)15-5-3-14(4-6-15)16(17,18)19/h3-6,12-13,20H,7-11H2,1-2H3. The number of sulfonamides is 1. The molecule has 2 rings (SSSR count). The number of rotatable bonds is 5. The van der Waals surface area contributed by atoms with Gasteiger partial charge >= 0.3 is 6.18 Å². The van der Waals surface area contributed by atoms with Gasteiger partial charge in [0.2, 0.25) is 10.0 Å². The summed E-state index contributed by atoms with van der Waals surface area (Å²) < 4.78 is 64.3. The molecule has 0 amide bonds. The van der Waals surface area contributed by atoms with Crippen molar-refractivity contribution in [2.45, 2.75) is 31.3 Å². The quantitative estimate of drug-likeness (QED) is 0.874. The summed E-state index contributed by atoms with van der Waals surface area (Å²) in [5.74, 6) is 1.17. The van der Waals surface area contributed by atoms with Gasteiger partial charge in [-0.15, -0.1) is 0 Å². The first kappa shape index (κ1) is 19.2. The molecule has 0 spiro atoms. The van der Waals surface area contributed by atoms with E-state index in [1.165, 1.54) is 6.42 Å². The number of alkyl halides is 3. The van der Waals surface area contributed by atoms with Crippen molar-refractivity contribution in [3.05, 3.63) is 29.8 Å². The lowest BCUT2D eigenvalue weighted by Gasteiger charge is -2.34. The molecule has 1 fully saturated rings. The Labute approximate surface area is 141 Å². The van der Waals surface area contributed by atoms with Crippen LogP contribution in [-0.2, 0) is 16.2 Å². The predicted molar refractivity (Wildman–Crippen MR) is 86.0 cm³/mol. The van der Waals surface area contributed by atoms with Crippen molar-refractivity contribution in [2.24, 2.45) is 11.8 Å². The first-order valence-corrected chi connectivity index (χ1v) is 9.45. The molecule has 1 aliphatic rings. The molecule has 1 aromatic carbocycles. The molecule has 1 saturated heterocycles. The van der Waals surface area contributed by atoms with E-state index in [-0.39, 0.29) is 11.4 Å². The highest BCUT2D eigenvalue weighted by atomic mass is 32.2. The Hall–Kier alpha value is -1.12. The molecule has 136 valence electrons. The Morgan fingerprint density at radius 1 is 1.12 bits per heavy atom. The summed E-state index contributed by atoms with van der Waals surface area (Å²) in [4.78, 5) is 2.06. The van der Waals surface area contributed by atoms with Gasteiger partial charge in [0, 0.05) is 26.2 Å². The fraction of sp³-hybridized carbons (Fsp3) is 0.625. The summed E-state index contributed by atoms with van der Waals surface area (Å²) in [6.45, 7) is 7.06. The highest BCUT2D eigenvalue weighted by Gasteiger charge is 2.30. The topological polar surface area (TPSA) is 49.4 Å². The van der Waals surface area contributed by atoms with E-state index >= 15 is 0 Å². The Morgan fingerprint density at radius 2 is 1.67 bits per heavy atom. The van der Waals surface area contributed by atoms with Crippen LogP contribution in [0, 0.1) is 11.8 Å². The van der Waals surface area contributed by atoms with Crippen LogP contribution < -0.4 is 4.72 Å². The number of piperidine rings is 1. The minimum absolute atomic E-state index is 0.157. The lowest BCUT2D eigenvalue weighted by molar-refractivity contribution is -0.137. The molecule has 2 atom stereocenters. The maximum atomic E-state index is 12.5. The number of nitrogens with zero attached hydrogens (tertiary/aromatic N) is 1. The number of hydrogen-bond donors (Lipinski definition) is 1. The third-order valence-electron chi connectivity index (χ3n) is 4.16. The Bertz CT molecular complexity index is 634. The first-order valence-electron chi connectivity index (χ1n) is 7.97. The van der Waals surface area contributed by atoms with E-state index in [1.54, 1.807) is 0 Å². The number of halogens is 3. The number of benzene rings is 1. The van der Waals surface area contributed by atoms with Crippen LogP contribution in [0.25, 0.3) is 0 Å². The van der Waals surface area contributed by atoms with Gasteiger partial charge in [-0.2, -0.15) is 13.2 Å². The lowest BCUT2D eigenvalue weighted by Crippen LogP contribution is -2.42. The first-order chi connectivity index (χ1) is 11.1. The summed E-state index contributed by atoms with van der Waals surface area (Å²) in [5, 5.41) is 0. The molecule has 4 nitrogen and oxygen atoms in total. The second kappa shape index (κ2) is 7.41. The van der Waals surface area contributed by atoms with Crippen molar-refractivity contribution in [1.29, 1.82) is 0 Å². The van der Waals surface area contributed by atoms with E-state index in [0.29, 0.717) is 18.4 Å². The van der Waals surface area contributed by atoms with Crippen LogP contribution in [0.4, 0.5) is 13.2 Å². The summed E-state index contributed by atoms with van der Waals surface area (Å²) in [6.07, 6.45) is -3.30. The number of nitrogens with one attached hydrogen (secondary N) is 1. The zero-order valence-corrected chi connectivity index (χ0v) is 14.6.